The van der Waals surface area contributed by atoms with E-state index >= 15 is 0 Å². The van der Waals surface area contributed by atoms with Gasteiger partial charge in [0, 0.05) is 35.7 Å². The topological polar surface area (TPSA) is 118 Å². The largest absolute Gasteiger partial charge is 0.478 e. The van der Waals surface area contributed by atoms with E-state index in [1.807, 2.05) is 34.6 Å². The normalized spacial score (nSPS) is 13.9. The van der Waals surface area contributed by atoms with Crippen LogP contribution in [-0.2, 0) is 6.54 Å². The Labute approximate surface area is 214 Å². The average molecular weight is 515 g/mol. The van der Waals surface area contributed by atoms with Crippen LogP contribution in [0.1, 0.15) is 56.1 Å². The zero-order valence-electron chi connectivity index (χ0n) is 21.0. The van der Waals surface area contributed by atoms with Crippen molar-refractivity contribution < 1.29 is 23.8 Å². The number of aromatic carboxylic acids is 1. The fourth-order valence-electron chi connectivity index (χ4n) is 3.62. The van der Waals surface area contributed by atoms with Crippen LogP contribution in [0, 0.1) is 22.6 Å². The van der Waals surface area contributed by atoms with Gasteiger partial charge in [0.05, 0.1) is 17.2 Å². The smallest absolute Gasteiger partial charge is 0.338 e. The molecule has 0 aromatic heterocycles. The van der Waals surface area contributed by atoms with Gasteiger partial charge in [0.2, 0.25) is 0 Å². The van der Waals surface area contributed by atoms with Gasteiger partial charge < -0.3 is 19.6 Å². The maximum Gasteiger partial charge on any atom is 0.338 e. The minimum Gasteiger partial charge on any atom is -0.478 e. The lowest BCUT2D eigenvalue weighted by Crippen LogP contribution is -2.44. The lowest BCUT2D eigenvalue weighted by molar-refractivity contribution is 0.0691. The van der Waals surface area contributed by atoms with E-state index in [0.717, 1.165) is 23.9 Å². The monoisotopic (exact) mass is 514 g/mol. The molecule has 2 aromatic carbocycles. The second kappa shape index (κ2) is 10.7. The van der Waals surface area contributed by atoms with Gasteiger partial charge in [-0.1, -0.05) is 25.6 Å². The van der Waals surface area contributed by atoms with Crippen molar-refractivity contribution in [2.24, 2.45) is 5.92 Å². The lowest BCUT2D eigenvalue weighted by atomic mass is 10.1. The summed E-state index contributed by atoms with van der Waals surface area (Å²) < 4.78 is 20.5. The molecule has 0 unspecified atom stereocenters. The van der Waals surface area contributed by atoms with Crippen molar-refractivity contribution >= 4 is 33.8 Å². The maximum absolute atomic E-state index is 14.6. The van der Waals surface area contributed by atoms with Crippen molar-refractivity contribution in [1.82, 2.24) is 9.80 Å². The summed E-state index contributed by atoms with van der Waals surface area (Å²) in [5.74, 6) is -1.80. The number of carbonyl (C=O) groups is 2. The van der Waals surface area contributed by atoms with Crippen molar-refractivity contribution in [3.8, 4) is 11.5 Å². The number of amides is 2. The highest BCUT2D eigenvalue weighted by molar-refractivity contribution is 8.26. The number of nitrogens with one attached hydrogen (secondary N) is 2. The van der Waals surface area contributed by atoms with E-state index in [1.54, 1.807) is 34.1 Å². The fraction of sp³-hybridized carbons (Fsp3) is 0.385. The minimum absolute atomic E-state index is 0.0243. The Morgan fingerprint density at radius 2 is 1.81 bits per heavy atom. The number of carbonyl (C=O) groups excluding carboxylic acids is 1. The third kappa shape index (κ3) is 6.23. The fourth-order valence-corrected chi connectivity index (χ4v) is 4.33. The molecule has 3 rings (SSSR count). The van der Waals surface area contributed by atoms with E-state index in [4.69, 9.17) is 15.6 Å². The number of halogens is 1. The first-order valence-corrected chi connectivity index (χ1v) is 12.3. The molecular formula is C26H31FN4O4S. The summed E-state index contributed by atoms with van der Waals surface area (Å²) >= 11 is 1.08. The maximum atomic E-state index is 14.6. The third-order valence-corrected chi connectivity index (χ3v) is 6.86. The molecule has 0 spiro atoms. The molecule has 0 atom stereocenters. The van der Waals surface area contributed by atoms with E-state index < -0.39 is 17.3 Å². The molecule has 0 aliphatic carbocycles. The summed E-state index contributed by atoms with van der Waals surface area (Å²) in [5, 5.41) is 26.2. The number of urea groups is 1. The second-order valence-electron chi connectivity index (χ2n) is 9.85. The van der Waals surface area contributed by atoms with Gasteiger partial charge in [-0.2, -0.15) is 0 Å². The van der Waals surface area contributed by atoms with Crippen LogP contribution in [-0.4, -0.2) is 55.6 Å². The number of hydrogen-bond acceptors (Lipinski definition) is 6. The van der Waals surface area contributed by atoms with E-state index in [1.165, 1.54) is 0 Å². The molecule has 0 saturated carbocycles. The first-order valence-electron chi connectivity index (χ1n) is 11.5. The van der Waals surface area contributed by atoms with Crippen molar-refractivity contribution in [2.45, 2.75) is 46.7 Å². The van der Waals surface area contributed by atoms with Crippen molar-refractivity contribution in [2.75, 3.05) is 13.1 Å². The Morgan fingerprint density at radius 3 is 2.33 bits per heavy atom. The van der Waals surface area contributed by atoms with Gasteiger partial charge in [-0.05, 0) is 57.2 Å². The van der Waals surface area contributed by atoms with Crippen LogP contribution in [0.4, 0.5) is 9.18 Å². The molecule has 192 valence electrons. The molecular weight excluding hydrogens is 483 g/mol. The van der Waals surface area contributed by atoms with Gasteiger partial charge in [0.15, 0.2) is 0 Å². The molecule has 1 heterocycles. The highest BCUT2D eigenvalue weighted by Crippen LogP contribution is 2.32. The SMILES string of the molecule is CC(C)C(=N)SC(=N)c1ccc(Oc2cc(C(=O)O)c(F)cc2CN2CCN(C(C)(C)C)C2=O)cc1. The van der Waals surface area contributed by atoms with E-state index in [0.29, 0.717) is 35.0 Å². The van der Waals surface area contributed by atoms with Crippen LogP contribution < -0.4 is 4.74 Å². The van der Waals surface area contributed by atoms with Crippen LogP contribution in [0.15, 0.2) is 36.4 Å². The molecule has 3 N–H and O–H groups in total. The summed E-state index contributed by atoms with van der Waals surface area (Å²) in [6, 6.07) is 8.65. The highest BCUT2D eigenvalue weighted by Gasteiger charge is 2.36. The Balaban J connectivity index is 1.85. The number of carboxylic acids is 1. The molecule has 0 radical (unpaired) electrons. The van der Waals surface area contributed by atoms with Crippen LogP contribution >= 0.6 is 11.8 Å². The predicted molar refractivity (Wildman–Crippen MR) is 139 cm³/mol. The number of benzene rings is 2. The molecule has 2 amide bonds. The Morgan fingerprint density at radius 1 is 1.17 bits per heavy atom. The van der Waals surface area contributed by atoms with Gasteiger partial charge in [-0.25, -0.2) is 14.0 Å². The first-order chi connectivity index (χ1) is 16.8. The Kier molecular flexibility index (Phi) is 8.08. The molecule has 0 bridgehead atoms. The number of hydrogen-bond donors (Lipinski definition) is 3. The van der Waals surface area contributed by atoms with Crippen LogP contribution in [0.2, 0.25) is 0 Å². The van der Waals surface area contributed by atoms with E-state index in [2.05, 4.69) is 0 Å². The first kappa shape index (κ1) is 27.2. The summed E-state index contributed by atoms with van der Waals surface area (Å²) in [4.78, 5) is 27.7. The van der Waals surface area contributed by atoms with Crippen LogP contribution in [0.25, 0.3) is 0 Å². The summed E-state index contributed by atoms with van der Waals surface area (Å²) in [7, 11) is 0. The van der Waals surface area contributed by atoms with E-state index in [9.17, 15) is 19.1 Å². The third-order valence-electron chi connectivity index (χ3n) is 5.73. The summed E-state index contributed by atoms with van der Waals surface area (Å²) in [6.45, 7) is 10.7. The molecule has 1 aliphatic rings. The molecule has 8 nitrogen and oxygen atoms in total. The summed E-state index contributed by atoms with van der Waals surface area (Å²) in [5.41, 5.74) is 0.0674. The van der Waals surface area contributed by atoms with E-state index in [-0.39, 0.29) is 34.8 Å². The molecule has 2 aromatic rings. The number of rotatable bonds is 7. The van der Waals surface area contributed by atoms with Crippen LogP contribution in [0.5, 0.6) is 11.5 Å². The zero-order valence-corrected chi connectivity index (χ0v) is 21.8. The predicted octanol–water partition coefficient (Wildman–Crippen LogP) is 6.04. The lowest BCUT2D eigenvalue weighted by Gasteiger charge is -2.31. The Hall–Kier alpha value is -3.40. The van der Waals surface area contributed by atoms with Gasteiger partial charge in [-0.15, -0.1) is 0 Å². The highest BCUT2D eigenvalue weighted by atomic mass is 32.2. The van der Waals surface area contributed by atoms with Crippen molar-refractivity contribution in [3.63, 3.8) is 0 Å². The van der Waals surface area contributed by atoms with Crippen LogP contribution in [0.3, 0.4) is 0 Å². The van der Waals surface area contributed by atoms with Gasteiger partial charge in [0.25, 0.3) is 0 Å². The summed E-state index contributed by atoms with van der Waals surface area (Å²) in [6.07, 6.45) is 0. The molecule has 1 aliphatic heterocycles. The average Bonchev–Trinajstić information content (AvgIpc) is 3.16. The van der Waals surface area contributed by atoms with Crippen molar-refractivity contribution in [3.05, 3.63) is 58.9 Å². The Bertz CT molecular complexity index is 1190. The molecule has 36 heavy (non-hydrogen) atoms. The van der Waals surface area contributed by atoms with Gasteiger partial charge in [0.1, 0.15) is 22.4 Å². The standard InChI is InChI=1S/C26H31FN4O4S/c1-15(2)22(28)36-23(29)16-6-8-18(9-7-16)35-21-13-19(24(32)33)20(27)12-17(21)14-30-10-11-31(25(30)34)26(3,4)5/h6-9,12-13,15,28-29H,10-11,14H2,1-5H3,(H,32,33). The minimum atomic E-state index is -1.42. The molecule has 1 saturated heterocycles. The number of ether oxygens (including phenoxy) is 1. The van der Waals surface area contributed by atoms with Gasteiger partial charge >= 0.3 is 12.0 Å². The molecule has 1 fully saturated rings. The number of carboxylic acid groups (broad SMARTS) is 1. The zero-order chi connectivity index (χ0) is 26.8. The second-order valence-corrected chi connectivity index (χ2v) is 10.9. The van der Waals surface area contributed by atoms with Gasteiger partial charge in [-0.3, -0.25) is 10.8 Å². The quantitative estimate of drug-likeness (QED) is 0.307. The number of nitrogens with zero attached hydrogens (tertiary/aromatic N) is 2. The molecule has 10 heteroatoms. The number of thioether (sulfide) groups is 1. The van der Waals surface area contributed by atoms with Crippen molar-refractivity contribution in [1.29, 1.82) is 10.8 Å².